The van der Waals surface area contributed by atoms with Gasteiger partial charge in [-0.2, -0.15) is 0 Å². The predicted octanol–water partition coefficient (Wildman–Crippen LogP) is 2.92. The number of amides is 2. The molecule has 7 nitrogen and oxygen atoms in total. The first-order valence-electron chi connectivity index (χ1n) is 8.20. The summed E-state index contributed by atoms with van der Waals surface area (Å²) in [7, 11) is -3.81. The van der Waals surface area contributed by atoms with Crippen molar-refractivity contribution in [3.8, 4) is 5.75 Å². The van der Waals surface area contributed by atoms with Gasteiger partial charge in [0.1, 0.15) is 11.6 Å². The van der Waals surface area contributed by atoms with E-state index < -0.39 is 27.3 Å². The molecule has 0 saturated heterocycles. The van der Waals surface area contributed by atoms with Gasteiger partial charge < -0.3 is 15.4 Å². The van der Waals surface area contributed by atoms with Crippen molar-refractivity contribution < 1.29 is 27.1 Å². The van der Waals surface area contributed by atoms with Gasteiger partial charge in [-0.05, 0) is 36.8 Å². The van der Waals surface area contributed by atoms with Crippen molar-refractivity contribution in [2.24, 2.45) is 0 Å². The molecule has 10 heteroatoms. The molecule has 0 spiro atoms. The Morgan fingerprint density at radius 3 is 2.79 bits per heavy atom. The molecule has 0 aromatic heterocycles. The predicted molar refractivity (Wildman–Crippen MR) is 102 cm³/mol. The summed E-state index contributed by atoms with van der Waals surface area (Å²) in [6.45, 7) is 1.38. The maximum absolute atomic E-state index is 13.7. The fourth-order valence-electron chi connectivity index (χ4n) is 2.69. The number of nitrogens with one attached hydrogen (secondary N) is 2. The van der Waals surface area contributed by atoms with Gasteiger partial charge in [0.25, 0.3) is 5.91 Å². The van der Waals surface area contributed by atoms with E-state index in [9.17, 15) is 22.4 Å². The molecule has 0 saturated carbocycles. The summed E-state index contributed by atoms with van der Waals surface area (Å²) in [6.07, 6.45) is -0.363. The standard InChI is InChI=1S/C18H16ClFN2O5S/c1-10-6-14-15(27-9-18(24)22-14)8-16(10)28(25,26)5-4-17(23)21-13-3-2-11(19)7-12(13)20/h2-3,6-8H,4-5,9H2,1H3,(H,21,23)(H,22,24). The fourth-order valence-corrected chi connectivity index (χ4v) is 4.36. The van der Waals surface area contributed by atoms with Gasteiger partial charge >= 0.3 is 0 Å². The molecule has 1 aliphatic rings. The van der Waals surface area contributed by atoms with Gasteiger partial charge in [-0.25, -0.2) is 12.8 Å². The molecule has 28 heavy (non-hydrogen) atoms. The van der Waals surface area contributed by atoms with Crippen LogP contribution in [0.3, 0.4) is 0 Å². The first kappa shape index (κ1) is 20.1. The lowest BCUT2D eigenvalue weighted by Crippen LogP contribution is -2.26. The van der Waals surface area contributed by atoms with Crippen molar-refractivity contribution in [3.63, 3.8) is 0 Å². The van der Waals surface area contributed by atoms with Crippen molar-refractivity contribution >= 4 is 44.6 Å². The van der Waals surface area contributed by atoms with Gasteiger partial charge in [0, 0.05) is 17.5 Å². The highest BCUT2D eigenvalue weighted by Crippen LogP contribution is 2.33. The summed E-state index contributed by atoms with van der Waals surface area (Å²) >= 11 is 5.65. The molecule has 1 aliphatic heterocycles. The smallest absolute Gasteiger partial charge is 0.262 e. The van der Waals surface area contributed by atoms with Crippen molar-refractivity contribution in [3.05, 3.63) is 46.7 Å². The van der Waals surface area contributed by atoms with Crippen LogP contribution in [0.2, 0.25) is 5.02 Å². The van der Waals surface area contributed by atoms with Crippen LogP contribution in [-0.4, -0.2) is 32.6 Å². The first-order valence-corrected chi connectivity index (χ1v) is 10.2. The molecule has 0 fully saturated rings. The van der Waals surface area contributed by atoms with E-state index in [1.807, 2.05) is 0 Å². The Hall–Kier alpha value is -2.65. The van der Waals surface area contributed by atoms with Crippen LogP contribution in [0.4, 0.5) is 15.8 Å². The lowest BCUT2D eigenvalue weighted by atomic mass is 10.2. The molecular weight excluding hydrogens is 411 g/mol. The molecule has 148 valence electrons. The average molecular weight is 427 g/mol. The molecule has 0 aliphatic carbocycles. The largest absolute Gasteiger partial charge is 0.482 e. The summed E-state index contributed by atoms with van der Waals surface area (Å²) in [4.78, 5) is 23.4. The van der Waals surface area contributed by atoms with Gasteiger partial charge in [0.15, 0.2) is 16.4 Å². The van der Waals surface area contributed by atoms with E-state index in [0.717, 1.165) is 6.07 Å². The topological polar surface area (TPSA) is 102 Å². The van der Waals surface area contributed by atoms with Crippen LogP contribution in [0, 0.1) is 12.7 Å². The second-order valence-electron chi connectivity index (χ2n) is 6.19. The fraction of sp³-hybridized carbons (Fsp3) is 0.222. The summed E-state index contributed by atoms with van der Waals surface area (Å²) in [5, 5.41) is 5.10. The Kier molecular flexibility index (Phi) is 5.57. The monoisotopic (exact) mass is 426 g/mol. The number of carbonyl (C=O) groups is 2. The van der Waals surface area contributed by atoms with Crippen LogP contribution in [0.25, 0.3) is 0 Å². The molecule has 1 heterocycles. The Morgan fingerprint density at radius 2 is 2.07 bits per heavy atom. The highest BCUT2D eigenvalue weighted by Gasteiger charge is 2.24. The Balaban J connectivity index is 1.71. The van der Waals surface area contributed by atoms with Crippen LogP contribution in [0.15, 0.2) is 35.2 Å². The minimum Gasteiger partial charge on any atom is -0.482 e. The molecule has 0 radical (unpaired) electrons. The average Bonchev–Trinajstić information content (AvgIpc) is 2.61. The molecule has 0 unspecified atom stereocenters. The van der Waals surface area contributed by atoms with Crippen LogP contribution in [-0.2, 0) is 19.4 Å². The molecule has 2 N–H and O–H groups in total. The number of halogens is 2. The minimum atomic E-state index is -3.81. The number of anilines is 2. The number of hydrogen-bond acceptors (Lipinski definition) is 5. The maximum Gasteiger partial charge on any atom is 0.262 e. The van der Waals surface area contributed by atoms with E-state index in [1.54, 1.807) is 6.92 Å². The minimum absolute atomic E-state index is 0.00729. The zero-order valence-corrected chi connectivity index (χ0v) is 16.3. The number of benzene rings is 2. The van der Waals surface area contributed by atoms with Crippen LogP contribution in [0.1, 0.15) is 12.0 Å². The number of sulfone groups is 1. The van der Waals surface area contributed by atoms with Crippen LogP contribution in [0.5, 0.6) is 5.75 Å². The number of aryl methyl sites for hydroxylation is 1. The lowest BCUT2D eigenvalue weighted by molar-refractivity contribution is -0.118. The third kappa shape index (κ3) is 4.42. The number of carbonyl (C=O) groups excluding carboxylic acids is 2. The van der Waals surface area contributed by atoms with Crippen LogP contribution >= 0.6 is 11.6 Å². The highest BCUT2D eigenvalue weighted by atomic mass is 35.5. The Bertz CT molecular complexity index is 1070. The molecule has 0 bridgehead atoms. The highest BCUT2D eigenvalue weighted by molar-refractivity contribution is 7.91. The van der Waals surface area contributed by atoms with Crippen molar-refractivity contribution in [1.82, 2.24) is 0 Å². The number of rotatable bonds is 5. The number of hydrogen-bond donors (Lipinski definition) is 2. The summed E-state index contributed by atoms with van der Waals surface area (Å²) in [5.41, 5.74) is 0.721. The SMILES string of the molecule is Cc1cc2c(cc1S(=O)(=O)CCC(=O)Nc1ccc(Cl)cc1F)OCC(=O)N2. The molecule has 3 rings (SSSR count). The van der Waals surface area contributed by atoms with Gasteiger partial charge in [0.2, 0.25) is 5.91 Å². The zero-order chi connectivity index (χ0) is 20.5. The third-order valence-electron chi connectivity index (χ3n) is 4.05. The van der Waals surface area contributed by atoms with Crippen molar-refractivity contribution in [1.29, 1.82) is 0 Å². The summed E-state index contributed by atoms with van der Waals surface area (Å²) < 4.78 is 44.3. The van der Waals surface area contributed by atoms with Gasteiger partial charge in [-0.3, -0.25) is 9.59 Å². The molecule has 2 aromatic rings. The van der Waals surface area contributed by atoms with E-state index >= 15 is 0 Å². The molecule has 2 aromatic carbocycles. The molecule has 0 atom stereocenters. The van der Waals surface area contributed by atoms with Crippen molar-refractivity contribution in [2.45, 2.75) is 18.2 Å². The summed E-state index contributed by atoms with van der Waals surface area (Å²) in [5.74, 6) is -1.91. The lowest BCUT2D eigenvalue weighted by Gasteiger charge is -2.20. The van der Waals surface area contributed by atoms with E-state index in [2.05, 4.69) is 10.6 Å². The Labute approximate surface area is 165 Å². The maximum atomic E-state index is 13.7. The Morgan fingerprint density at radius 1 is 1.32 bits per heavy atom. The van der Waals surface area contributed by atoms with E-state index in [4.69, 9.17) is 16.3 Å². The van der Waals surface area contributed by atoms with E-state index in [1.165, 1.54) is 24.3 Å². The van der Waals surface area contributed by atoms with Gasteiger partial charge in [-0.1, -0.05) is 11.6 Å². The van der Waals surface area contributed by atoms with Gasteiger partial charge in [-0.15, -0.1) is 0 Å². The van der Waals surface area contributed by atoms with E-state index in [0.29, 0.717) is 11.3 Å². The number of fused-ring (bicyclic) bond motifs is 1. The first-order chi connectivity index (χ1) is 13.2. The summed E-state index contributed by atoms with van der Waals surface area (Å²) in [6, 6.07) is 6.58. The normalized spacial score (nSPS) is 13.3. The van der Waals surface area contributed by atoms with E-state index in [-0.39, 0.29) is 40.3 Å². The second kappa shape index (κ2) is 7.76. The molecular formula is C18H16ClFN2O5S. The number of ether oxygens (including phenoxy) is 1. The zero-order valence-electron chi connectivity index (χ0n) is 14.7. The van der Waals surface area contributed by atoms with Gasteiger partial charge in [0.05, 0.1) is 22.0 Å². The quantitative estimate of drug-likeness (QED) is 0.765. The third-order valence-corrected chi connectivity index (χ3v) is 6.13. The van der Waals surface area contributed by atoms with Crippen molar-refractivity contribution in [2.75, 3.05) is 23.0 Å². The van der Waals surface area contributed by atoms with Crippen LogP contribution < -0.4 is 15.4 Å². The molecule has 2 amide bonds. The second-order valence-corrected chi connectivity index (χ2v) is 8.71.